The predicted octanol–water partition coefficient (Wildman–Crippen LogP) is 2.92. The fourth-order valence-corrected chi connectivity index (χ4v) is 3.30. The minimum absolute atomic E-state index is 0.151. The molecule has 1 aliphatic heterocycles. The molecule has 7 nitrogen and oxygen atoms in total. The molecule has 2 aromatic carbocycles. The summed E-state index contributed by atoms with van der Waals surface area (Å²) in [5.74, 6) is 0. The van der Waals surface area contributed by atoms with Gasteiger partial charge in [0.2, 0.25) is 0 Å². The van der Waals surface area contributed by atoms with E-state index in [1.807, 2.05) is 36.4 Å². The molecule has 0 aliphatic carbocycles. The summed E-state index contributed by atoms with van der Waals surface area (Å²) in [5.41, 5.74) is 3.81. The van der Waals surface area contributed by atoms with Crippen LogP contribution in [0.15, 0.2) is 55.1 Å². The Bertz CT molecular complexity index is 893. The highest BCUT2D eigenvalue weighted by molar-refractivity contribution is 5.79. The largest absolute Gasteiger partial charge is 0.369 e. The van der Waals surface area contributed by atoms with Gasteiger partial charge >= 0.3 is 0 Å². The minimum Gasteiger partial charge on any atom is -0.369 e. The zero-order valence-corrected chi connectivity index (χ0v) is 13.6. The molecule has 0 saturated heterocycles. The lowest BCUT2D eigenvalue weighted by Crippen LogP contribution is -2.25. The molecule has 2 heterocycles. The molecule has 1 aromatic heterocycles. The van der Waals surface area contributed by atoms with Crippen LogP contribution in [0.3, 0.4) is 0 Å². The second-order valence-electron chi connectivity index (χ2n) is 6.02. The standard InChI is InChI=1S/C18H17N5O2/c24-23(25)18-11-17-15(10-16(18)14-4-2-1-3-5-14)6-7-21(17)8-9-22-13-19-12-20-22/h1-5,10-13H,6-9H2. The first-order valence-corrected chi connectivity index (χ1v) is 8.16. The first kappa shape index (κ1) is 15.3. The summed E-state index contributed by atoms with van der Waals surface area (Å²) in [6.45, 7) is 2.31. The summed E-state index contributed by atoms with van der Waals surface area (Å²) < 4.78 is 1.77. The Hall–Kier alpha value is -3.22. The molecule has 25 heavy (non-hydrogen) atoms. The van der Waals surface area contributed by atoms with Gasteiger partial charge in [-0.25, -0.2) is 4.98 Å². The molecule has 0 atom stereocenters. The number of rotatable bonds is 5. The third-order valence-corrected chi connectivity index (χ3v) is 4.54. The number of nitrogens with zero attached hydrogens (tertiary/aromatic N) is 5. The molecular weight excluding hydrogens is 318 g/mol. The van der Waals surface area contributed by atoms with Crippen molar-refractivity contribution in [2.45, 2.75) is 13.0 Å². The molecule has 0 fully saturated rings. The Morgan fingerprint density at radius 1 is 1.16 bits per heavy atom. The molecule has 0 radical (unpaired) electrons. The SMILES string of the molecule is O=[N+]([O-])c1cc2c(cc1-c1ccccc1)CCN2CCn1cncn1. The van der Waals surface area contributed by atoms with Crippen LogP contribution in [0.1, 0.15) is 5.56 Å². The number of nitro benzene ring substituents is 1. The van der Waals surface area contributed by atoms with E-state index in [1.54, 1.807) is 17.1 Å². The fourth-order valence-electron chi connectivity index (χ4n) is 3.30. The maximum atomic E-state index is 11.6. The highest BCUT2D eigenvalue weighted by Gasteiger charge is 2.26. The molecular formula is C18H17N5O2. The van der Waals surface area contributed by atoms with E-state index in [9.17, 15) is 10.1 Å². The zero-order chi connectivity index (χ0) is 17.2. The molecule has 7 heteroatoms. The molecule has 4 rings (SSSR count). The van der Waals surface area contributed by atoms with Gasteiger partial charge in [0.15, 0.2) is 0 Å². The van der Waals surface area contributed by atoms with E-state index in [4.69, 9.17) is 0 Å². The summed E-state index contributed by atoms with van der Waals surface area (Å²) in [5, 5.41) is 15.7. The number of anilines is 1. The van der Waals surface area contributed by atoms with E-state index in [0.717, 1.165) is 36.3 Å². The summed E-state index contributed by atoms with van der Waals surface area (Å²) in [4.78, 5) is 17.4. The van der Waals surface area contributed by atoms with Crippen LogP contribution in [0.5, 0.6) is 0 Å². The highest BCUT2D eigenvalue weighted by atomic mass is 16.6. The lowest BCUT2D eigenvalue weighted by molar-refractivity contribution is -0.384. The Kier molecular flexibility index (Phi) is 3.89. The van der Waals surface area contributed by atoms with Crippen LogP contribution in [0.25, 0.3) is 11.1 Å². The average molecular weight is 335 g/mol. The van der Waals surface area contributed by atoms with Crippen molar-refractivity contribution in [2.24, 2.45) is 0 Å². The molecule has 0 spiro atoms. The number of hydrogen-bond acceptors (Lipinski definition) is 5. The van der Waals surface area contributed by atoms with Crippen LogP contribution in [0.4, 0.5) is 11.4 Å². The topological polar surface area (TPSA) is 77.1 Å². The molecule has 0 bridgehead atoms. The van der Waals surface area contributed by atoms with Crippen molar-refractivity contribution in [3.05, 3.63) is 70.8 Å². The normalized spacial score (nSPS) is 13.0. The van der Waals surface area contributed by atoms with Crippen LogP contribution in [0, 0.1) is 10.1 Å². The maximum Gasteiger partial charge on any atom is 0.279 e. The summed E-state index contributed by atoms with van der Waals surface area (Å²) in [6, 6.07) is 13.2. The Balaban J connectivity index is 1.67. The van der Waals surface area contributed by atoms with Crippen molar-refractivity contribution >= 4 is 11.4 Å². The minimum atomic E-state index is -0.295. The Morgan fingerprint density at radius 2 is 2.00 bits per heavy atom. The molecule has 1 aliphatic rings. The van der Waals surface area contributed by atoms with Crippen molar-refractivity contribution in [2.75, 3.05) is 18.0 Å². The molecule has 3 aromatic rings. The lowest BCUT2D eigenvalue weighted by atomic mass is 9.99. The van der Waals surface area contributed by atoms with E-state index >= 15 is 0 Å². The van der Waals surface area contributed by atoms with Crippen LogP contribution >= 0.6 is 0 Å². The van der Waals surface area contributed by atoms with Crippen molar-refractivity contribution in [1.29, 1.82) is 0 Å². The van der Waals surface area contributed by atoms with Gasteiger partial charge in [-0.15, -0.1) is 0 Å². The zero-order valence-electron chi connectivity index (χ0n) is 13.6. The number of benzene rings is 2. The second kappa shape index (κ2) is 6.35. The summed E-state index contributed by atoms with van der Waals surface area (Å²) >= 11 is 0. The van der Waals surface area contributed by atoms with E-state index < -0.39 is 0 Å². The molecule has 0 amide bonds. The predicted molar refractivity (Wildman–Crippen MR) is 94.5 cm³/mol. The molecule has 0 saturated carbocycles. The van der Waals surface area contributed by atoms with Gasteiger partial charge in [0.05, 0.1) is 17.0 Å². The number of nitro groups is 1. The quantitative estimate of drug-likeness (QED) is 0.529. The summed E-state index contributed by atoms with van der Waals surface area (Å²) in [6.07, 6.45) is 4.08. The van der Waals surface area contributed by atoms with Crippen molar-refractivity contribution in [3.63, 3.8) is 0 Å². The molecule has 126 valence electrons. The van der Waals surface area contributed by atoms with Crippen LogP contribution in [0.2, 0.25) is 0 Å². The van der Waals surface area contributed by atoms with Gasteiger partial charge in [0.1, 0.15) is 12.7 Å². The van der Waals surface area contributed by atoms with Crippen LogP contribution < -0.4 is 4.90 Å². The van der Waals surface area contributed by atoms with Crippen molar-refractivity contribution in [1.82, 2.24) is 14.8 Å². The van der Waals surface area contributed by atoms with E-state index in [2.05, 4.69) is 15.0 Å². The van der Waals surface area contributed by atoms with Gasteiger partial charge in [0, 0.05) is 24.8 Å². The van der Waals surface area contributed by atoms with Gasteiger partial charge in [-0.2, -0.15) is 5.10 Å². The first-order chi connectivity index (χ1) is 12.2. The third-order valence-electron chi connectivity index (χ3n) is 4.54. The highest BCUT2D eigenvalue weighted by Crippen LogP contribution is 2.39. The van der Waals surface area contributed by atoms with E-state index in [1.165, 1.54) is 6.33 Å². The van der Waals surface area contributed by atoms with Crippen molar-refractivity contribution in [3.8, 4) is 11.1 Å². The van der Waals surface area contributed by atoms with Gasteiger partial charge in [-0.05, 0) is 23.6 Å². The Morgan fingerprint density at radius 3 is 2.72 bits per heavy atom. The van der Waals surface area contributed by atoms with Gasteiger partial charge in [-0.1, -0.05) is 30.3 Å². The van der Waals surface area contributed by atoms with Crippen molar-refractivity contribution < 1.29 is 4.92 Å². The van der Waals surface area contributed by atoms with Gasteiger partial charge in [0.25, 0.3) is 5.69 Å². The van der Waals surface area contributed by atoms with Gasteiger partial charge in [-0.3, -0.25) is 14.8 Å². The third kappa shape index (κ3) is 2.96. The van der Waals surface area contributed by atoms with E-state index in [0.29, 0.717) is 12.1 Å². The fraction of sp³-hybridized carbons (Fsp3) is 0.222. The second-order valence-corrected chi connectivity index (χ2v) is 6.02. The first-order valence-electron chi connectivity index (χ1n) is 8.16. The van der Waals surface area contributed by atoms with Gasteiger partial charge < -0.3 is 4.90 Å². The Labute approximate surface area is 144 Å². The molecule has 0 N–H and O–H groups in total. The maximum absolute atomic E-state index is 11.6. The smallest absolute Gasteiger partial charge is 0.279 e. The monoisotopic (exact) mass is 335 g/mol. The lowest BCUT2D eigenvalue weighted by Gasteiger charge is -2.19. The number of fused-ring (bicyclic) bond motifs is 1. The van der Waals surface area contributed by atoms with Crippen LogP contribution in [-0.2, 0) is 13.0 Å². The molecule has 0 unspecified atom stereocenters. The van der Waals surface area contributed by atoms with Crippen LogP contribution in [-0.4, -0.2) is 32.8 Å². The van der Waals surface area contributed by atoms with E-state index in [-0.39, 0.29) is 10.6 Å². The number of hydrogen-bond donors (Lipinski definition) is 0. The summed E-state index contributed by atoms with van der Waals surface area (Å²) in [7, 11) is 0. The average Bonchev–Trinajstić information content (AvgIpc) is 3.29. The number of aromatic nitrogens is 3.